The summed E-state index contributed by atoms with van der Waals surface area (Å²) in [5, 5.41) is 6.57. The number of aryl methyl sites for hydroxylation is 1. The minimum atomic E-state index is -0.426. The summed E-state index contributed by atoms with van der Waals surface area (Å²) in [5.41, 5.74) is 0.545. The van der Waals surface area contributed by atoms with E-state index in [1.165, 1.54) is 11.8 Å². The molecule has 6 nitrogen and oxygen atoms in total. The lowest BCUT2D eigenvalue weighted by molar-refractivity contribution is -0.117. The first-order valence-corrected chi connectivity index (χ1v) is 10.1. The molecular formula is C16H16ClN3O3S3. The summed E-state index contributed by atoms with van der Waals surface area (Å²) >= 11 is 13.4. The Morgan fingerprint density at radius 1 is 1.35 bits per heavy atom. The first-order valence-electron chi connectivity index (χ1n) is 7.52. The molecule has 0 spiro atoms. The van der Waals surface area contributed by atoms with E-state index in [-0.39, 0.29) is 16.8 Å². The van der Waals surface area contributed by atoms with Crippen LogP contribution in [0.25, 0.3) is 0 Å². The molecule has 1 aromatic carbocycles. The van der Waals surface area contributed by atoms with Gasteiger partial charge in [0.15, 0.2) is 10.2 Å². The molecular weight excluding hydrogens is 414 g/mol. The van der Waals surface area contributed by atoms with Crippen molar-refractivity contribution in [3.05, 3.63) is 39.9 Å². The highest BCUT2D eigenvalue weighted by Gasteiger charge is 2.17. The van der Waals surface area contributed by atoms with Crippen molar-refractivity contribution in [1.29, 1.82) is 0 Å². The van der Waals surface area contributed by atoms with E-state index in [4.69, 9.17) is 28.6 Å². The molecule has 2 aromatic rings. The number of anilines is 1. The molecule has 2 N–H and O–H groups in total. The van der Waals surface area contributed by atoms with Crippen LogP contribution in [0.15, 0.2) is 29.2 Å². The van der Waals surface area contributed by atoms with Gasteiger partial charge >= 0.3 is 5.97 Å². The molecule has 1 amide bonds. The third kappa shape index (κ3) is 6.24. The first kappa shape index (κ1) is 20.6. The lowest BCUT2D eigenvalue weighted by Gasteiger charge is -2.07. The zero-order valence-corrected chi connectivity index (χ0v) is 17.2. The van der Waals surface area contributed by atoms with Gasteiger partial charge in [-0.1, -0.05) is 22.9 Å². The normalized spacial score (nSPS) is 10.3. The highest BCUT2D eigenvalue weighted by Crippen LogP contribution is 2.23. The van der Waals surface area contributed by atoms with Crippen LogP contribution >= 0.6 is 46.9 Å². The van der Waals surface area contributed by atoms with Gasteiger partial charge in [0.1, 0.15) is 4.88 Å². The zero-order valence-electron chi connectivity index (χ0n) is 14.0. The molecule has 1 heterocycles. The Kier molecular flexibility index (Phi) is 7.83. The quantitative estimate of drug-likeness (QED) is 0.409. The monoisotopic (exact) mass is 429 g/mol. The molecule has 0 aliphatic carbocycles. The summed E-state index contributed by atoms with van der Waals surface area (Å²) in [7, 11) is 0. The van der Waals surface area contributed by atoms with Gasteiger partial charge in [-0.2, -0.15) is 0 Å². The number of hydrogen-bond acceptors (Lipinski definition) is 7. The van der Waals surface area contributed by atoms with Gasteiger partial charge in [-0.3, -0.25) is 4.79 Å². The van der Waals surface area contributed by atoms with Crippen LogP contribution in [0.4, 0.5) is 5.13 Å². The average Bonchev–Trinajstić information content (AvgIpc) is 2.94. The second kappa shape index (κ2) is 9.86. The molecule has 0 saturated heterocycles. The van der Waals surface area contributed by atoms with Crippen LogP contribution in [0.1, 0.15) is 22.3 Å². The van der Waals surface area contributed by atoms with E-state index >= 15 is 0 Å². The Labute approximate surface area is 169 Å². The maximum atomic E-state index is 12.0. The lowest BCUT2D eigenvalue weighted by atomic mass is 10.4. The molecule has 10 heteroatoms. The number of benzene rings is 1. The van der Waals surface area contributed by atoms with E-state index in [1.807, 2.05) is 12.1 Å². The summed E-state index contributed by atoms with van der Waals surface area (Å²) in [5.74, 6) is -0.472. The fraction of sp³-hybridized carbons (Fsp3) is 0.250. The Bertz CT molecular complexity index is 809. The second-order valence-corrected chi connectivity index (χ2v) is 7.79. The molecule has 2 rings (SSSR count). The molecule has 0 atom stereocenters. The van der Waals surface area contributed by atoms with E-state index in [0.29, 0.717) is 27.3 Å². The molecule has 0 aliphatic rings. The number of carbonyl (C=O) groups excluding carboxylic acids is 2. The van der Waals surface area contributed by atoms with Crippen molar-refractivity contribution in [2.45, 2.75) is 18.7 Å². The van der Waals surface area contributed by atoms with Gasteiger partial charge in [0.2, 0.25) is 5.91 Å². The molecule has 0 aliphatic heterocycles. The summed E-state index contributed by atoms with van der Waals surface area (Å²) < 4.78 is 4.96. The number of nitrogens with one attached hydrogen (secondary N) is 2. The number of esters is 1. The number of rotatable bonds is 6. The molecule has 138 valence electrons. The minimum absolute atomic E-state index is 0.121. The predicted octanol–water partition coefficient (Wildman–Crippen LogP) is 3.89. The third-order valence-electron chi connectivity index (χ3n) is 2.91. The van der Waals surface area contributed by atoms with Crippen LogP contribution in [0, 0.1) is 6.92 Å². The van der Waals surface area contributed by atoms with Gasteiger partial charge in [0.25, 0.3) is 0 Å². The fourth-order valence-corrected chi connectivity index (χ4v) is 3.77. The van der Waals surface area contributed by atoms with Crippen LogP contribution in [-0.2, 0) is 9.53 Å². The molecule has 0 fully saturated rings. The molecule has 0 radical (unpaired) electrons. The number of thiocarbonyl (C=S) groups is 1. The number of nitrogens with zero attached hydrogens (tertiary/aromatic N) is 1. The van der Waals surface area contributed by atoms with Crippen LogP contribution < -0.4 is 10.6 Å². The van der Waals surface area contributed by atoms with Crippen molar-refractivity contribution in [2.75, 3.05) is 17.7 Å². The summed E-state index contributed by atoms with van der Waals surface area (Å²) in [6.07, 6.45) is 0. The maximum absolute atomic E-state index is 12.0. The minimum Gasteiger partial charge on any atom is -0.462 e. The number of thiazole rings is 1. The van der Waals surface area contributed by atoms with Crippen molar-refractivity contribution in [3.8, 4) is 0 Å². The predicted molar refractivity (Wildman–Crippen MR) is 109 cm³/mol. The average molecular weight is 430 g/mol. The number of thioether (sulfide) groups is 1. The summed E-state index contributed by atoms with van der Waals surface area (Å²) in [4.78, 5) is 29.3. The van der Waals surface area contributed by atoms with E-state index in [1.54, 1.807) is 26.0 Å². The number of ether oxygens (including phenoxy) is 1. The second-order valence-electron chi connectivity index (χ2n) is 4.90. The topological polar surface area (TPSA) is 80.3 Å². The number of hydrogen-bond donors (Lipinski definition) is 2. The Morgan fingerprint density at radius 3 is 2.69 bits per heavy atom. The van der Waals surface area contributed by atoms with Gasteiger partial charge in [0.05, 0.1) is 18.1 Å². The lowest BCUT2D eigenvalue weighted by Crippen LogP contribution is -2.35. The van der Waals surface area contributed by atoms with Crippen molar-refractivity contribution < 1.29 is 14.3 Å². The van der Waals surface area contributed by atoms with Crippen molar-refractivity contribution in [3.63, 3.8) is 0 Å². The van der Waals surface area contributed by atoms with E-state index in [2.05, 4.69) is 15.6 Å². The van der Waals surface area contributed by atoms with E-state index in [0.717, 1.165) is 16.2 Å². The fourth-order valence-electron chi connectivity index (χ4n) is 1.81. The molecule has 0 unspecified atom stereocenters. The van der Waals surface area contributed by atoms with Gasteiger partial charge in [0, 0.05) is 9.92 Å². The Hall–Kier alpha value is -1.68. The number of amides is 1. The van der Waals surface area contributed by atoms with E-state index < -0.39 is 5.97 Å². The van der Waals surface area contributed by atoms with Crippen LogP contribution in [0.5, 0.6) is 0 Å². The highest BCUT2D eigenvalue weighted by molar-refractivity contribution is 8.00. The Morgan fingerprint density at radius 2 is 2.04 bits per heavy atom. The molecule has 1 aromatic heterocycles. The van der Waals surface area contributed by atoms with Crippen molar-refractivity contribution in [1.82, 2.24) is 10.3 Å². The standard InChI is InChI=1S/C16H16ClN3O3S3/c1-3-23-14(22)13-9(2)18-16(26-13)20-15(24)19-12(21)8-25-11-6-4-10(17)5-7-11/h4-7H,3,8H2,1-2H3,(H2,18,19,20,21,24). The van der Waals surface area contributed by atoms with Gasteiger partial charge in [-0.05, 0) is 50.3 Å². The van der Waals surface area contributed by atoms with Gasteiger partial charge in [-0.15, -0.1) is 11.8 Å². The Balaban J connectivity index is 1.84. The van der Waals surface area contributed by atoms with E-state index in [9.17, 15) is 9.59 Å². The molecule has 0 bridgehead atoms. The zero-order chi connectivity index (χ0) is 19.1. The summed E-state index contributed by atoms with van der Waals surface area (Å²) in [6, 6.07) is 7.21. The number of halogens is 1. The smallest absolute Gasteiger partial charge is 0.350 e. The van der Waals surface area contributed by atoms with Crippen molar-refractivity contribution >= 4 is 69.0 Å². The van der Waals surface area contributed by atoms with Gasteiger partial charge in [-0.25, -0.2) is 9.78 Å². The SMILES string of the molecule is CCOC(=O)c1sc(NC(=S)NC(=O)CSc2ccc(Cl)cc2)nc1C. The van der Waals surface area contributed by atoms with Crippen molar-refractivity contribution in [2.24, 2.45) is 0 Å². The van der Waals surface area contributed by atoms with Gasteiger partial charge < -0.3 is 15.4 Å². The van der Waals surface area contributed by atoms with Crippen LogP contribution in [0.3, 0.4) is 0 Å². The number of carbonyl (C=O) groups is 2. The maximum Gasteiger partial charge on any atom is 0.350 e. The highest BCUT2D eigenvalue weighted by atomic mass is 35.5. The molecule has 0 saturated carbocycles. The summed E-state index contributed by atoms with van der Waals surface area (Å²) in [6.45, 7) is 3.73. The number of aromatic nitrogens is 1. The third-order valence-corrected chi connectivity index (χ3v) is 5.44. The molecule has 26 heavy (non-hydrogen) atoms. The van der Waals surface area contributed by atoms with Crippen LogP contribution in [-0.4, -0.2) is 34.3 Å². The van der Waals surface area contributed by atoms with Crippen LogP contribution in [0.2, 0.25) is 5.02 Å². The first-order chi connectivity index (χ1) is 12.4. The largest absolute Gasteiger partial charge is 0.462 e.